The van der Waals surface area contributed by atoms with Crippen LogP contribution in [0.1, 0.15) is 71.4 Å². The molecule has 0 radical (unpaired) electrons. The van der Waals surface area contributed by atoms with E-state index in [1.165, 1.54) is 0 Å². The summed E-state index contributed by atoms with van der Waals surface area (Å²) < 4.78 is 13.3. The van der Waals surface area contributed by atoms with Gasteiger partial charge in [0.1, 0.15) is 22.8 Å². The first-order chi connectivity index (χ1) is 22.3. The van der Waals surface area contributed by atoms with Gasteiger partial charge in [0.05, 0.1) is 18.4 Å². The van der Waals surface area contributed by atoms with Gasteiger partial charge in [0.25, 0.3) is 0 Å². The lowest BCUT2D eigenvalue weighted by Crippen LogP contribution is -2.73. The van der Waals surface area contributed by atoms with Crippen molar-refractivity contribution in [3.8, 4) is 11.3 Å². The van der Waals surface area contributed by atoms with Gasteiger partial charge in [-0.1, -0.05) is 30.3 Å². The number of aromatic nitrogens is 4. The maximum Gasteiger partial charge on any atom is 0.416 e. The minimum atomic E-state index is -0.690. The highest BCUT2D eigenvalue weighted by molar-refractivity contribution is 5.88. The Kier molecular flexibility index (Phi) is 7.40. The van der Waals surface area contributed by atoms with Crippen molar-refractivity contribution in [1.82, 2.24) is 24.5 Å². The van der Waals surface area contributed by atoms with Crippen molar-refractivity contribution in [2.24, 2.45) is 5.41 Å². The highest BCUT2D eigenvalue weighted by atomic mass is 16.6. The molecule has 5 heterocycles. The molecule has 47 heavy (non-hydrogen) atoms. The third-order valence-corrected chi connectivity index (χ3v) is 8.71. The minimum Gasteiger partial charge on any atom is -0.444 e. The van der Waals surface area contributed by atoms with Crippen molar-refractivity contribution in [3.63, 3.8) is 0 Å². The first-order valence-corrected chi connectivity index (χ1v) is 16.4. The van der Waals surface area contributed by atoms with E-state index in [2.05, 4.69) is 9.88 Å². The number of anilines is 2. The summed E-state index contributed by atoms with van der Waals surface area (Å²) in [7, 11) is 0. The Morgan fingerprint density at radius 1 is 0.936 bits per heavy atom. The highest BCUT2D eigenvalue weighted by Crippen LogP contribution is 2.45. The van der Waals surface area contributed by atoms with Gasteiger partial charge in [-0.3, -0.25) is 9.88 Å². The van der Waals surface area contributed by atoms with E-state index in [9.17, 15) is 9.59 Å². The number of likely N-dealkylation sites (tertiary alicyclic amines) is 1. The van der Waals surface area contributed by atoms with E-state index in [4.69, 9.17) is 19.6 Å². The standard InChI is InChI=1S/C36H43N7O4/c1-34(2,3)46-32(44)41-22-36(23-41)20-40(21-36)29-17-30(43-31(39-29)27(18-38-43)25-14-15-25)42(33(45)47-35(4,5)6)19-24-10-12-26(13-11-24)28-9-7-8-16-37-28/h7-13,16-18,25H,14-15,19-23H2,1-6H3. The van der Waals surface area contributed by atoms with Crippen LogP contribution in [0.25, 0.3) is 16.9 Å². The Morgan fingerprint density at radius 2 is 1.64 bits per heavy atom. The predicted molar refractivity (Wildman–Crippen MR) is 180 cm³/mol. The molecule has 2 amide bonds. The molecule has 0 atom stereocenters. The molecule has 3 fully saturated rings. The Morgan fingerprint density at radius 3 is 2.26 bits per heavy atom. The van der Waals surface area contributed by atoms with Crippen LogP contribution in [0.15, 0.2) is 60.9 Å². The average molecular weight is 638 g/mol. The second kappa shape index (κ2) is 11.2. The average Bonchev–Trinajstić information content (AvgIpc) is 3.71. The largest absolute Gasteiger partial charge is 0.444 e. The smallest absolute Gasteiger partial charge is 0.416 e. The number of benzene rings is 1. The molecule has 3 aliphatic rings. The zero-order valence-corrected chi connectivity index (χ0v) is 28.1. The number of rotatable bonds is 6. The van der Waals surface area contributed by atoms with Crippen molar-refractivity contribution < 1.29 is 19.1 Å². The summed E-state index contributed by atoms with van der Waals surface area (Å²) in [5, 5.41) is 4.75. The Balaban J connectivity index is 1.19. The van der Waals surface area contributed by atoms with E-state index in [0.717, 1.165) is 59.8 Å². The Hall–Kier alpha value is -4.67. The molecule has 4 aromatic rings. The van der Waals surface area contributed by atoms with E-state index in [1.54, 1.807) is 20.5 Å². The number of hydrogen-bond donors (Lipinski definition) is 0. The van der Waals surface area contributed by atoms with Crippen molar-refractivity contribution in [3.05, 3.63) is 72.1 Å². The highest BCUT2D eigenvalue weighted by Gasteiger charge is 2.54. The van der Waals surface area contributed by atoms with E-state index in [-0.39, 0.29) is 18.1 Å². The molecule has 7 rings (SSSR count). The van der Waals surface area contributed by atoms with E-state index >= 15 is 0 Å². The van der Waals surface area contributed by atoms with Crippen LogP contribution in [0.4, 0.5) is 21.2 Å². The number of amides is 2. The van der Waals surface area contributed by atoms with Crippen molar-refractivity contribution in [1.29, 1.82) is 0 Å². The predicted octanol–water partition coefficient (Wildman–Crippen LogP) is 6.67. The van der Waals surface area contributed by atoms with Gasteiger partial charge in [0, 0.05) is 55.0 Å². The number of ether oxygens (including phenoxy) is 2. The van der Waals surface area contributed by atoms with Crippen LogP contribution in [-0.2, 0) is 16.0 Å². The quantitative estimate of drug-likeness (QED) is 0.231. The van der Waals surface area contributed by atoms with Crippen LogP contribution < -0.4 is 9.80 Å². The van der Waals surface area contributed by atoms with Gasteiger partial charge < -0.3 is 19.3 Å². The van der Waals surface area contributed by atoms with Gasteiger partial charge in [-0.15, -0.1) is 0 Å². The molecule has 2 aliphatic heterocycles. The summed E-state index contributed by atoms with van der Waals surface area (Å²) in [6.45, 7) is 14.4. The van der Waals surface area contributed by atoms with E-state index in [0.29, 0.717) is 24.8 Å². The first-order valence-electron chi connectivity index (χ1n) is 16.4. The van der Waals surface area contributed by atoms with Crippen molar-refractivity contribution >= 4 is 29.5 Å². The van der Waals surface area contributed by atoms with Crippen LogP contribution in [-0.4, -0.2) is 74.0 Å². The lowest BCUT2D eigenvalue weighted by atomic mass is 9.73. The summed E-state index contributed by atoms with van der Waals surface area (Å²) in [5.41, 5.74) is 3.51. The fourth-order valence-corrected chi connectivity index (χ4v) is 6.39. The van der Waals surface area contributed by atoms with Crippen molar-refractivity contribution in [2.45, 2.75) is 78.0 Å². The van der Waals surface area contributed by atoms with Crippen molar-refractivity contribution in [2.75, 3.05) is 36.0 Å². The lowest BCUT2D eigenvalue weighted by Gasteiger charge is -2.60. The molecule has 0 bridgehead atoms. The first kappa shape index (κ1) is 31.0. The number of hydrogen-bond acceptors (Lipinski definition) is 8. The maximum absolute atomic E-state index is 13.9. The number of pyridine rings is 1. The molecule has 1 aliphatic carbocycles. The van der Waals surface area contributed by atoms with Gasteiger partial charge in [-0.2, -0.15) is 9.61 Å². The van der Waals surface area contributed by atoms with Gasteiger partial charge in [-0.05, 0) is 78.0 Å². The van der Waals surface area contributed by atoms with Gasteiger partial charge >= 0.3 is 12.2 Å². The topological polar surface area (TPSA) is 105 Å². The van der Waals surface area contributed by atoms with Crippen LogP contribution in [0.5, 0.6) is 0 Å². The Labute approximate surface area is 275 Å². The normalized spacial score (nSPS) is 17.3. The minimum absolute atomic E-state index is 0.0185. The van der Waals surface area contributed by atoms with Crippen LogP contribution in [0.3, 0.4) is 0 Å². The fourth-order valence-electron chi connectivity index (χ4n) is 6.39. The lowest BCUT2D eigenvalue weighted by molar-refractivity contribution is -0.0454. The number of carbonyl (C=O) groups excluding carboxylic acids is 2. The summed E-state index contributed by atoms with van der Waals surface area (Å²) in [5.74, 6) is 1.81. The molecule has 0 N–H and O–H groups in total. The summed E-state index contributed by atoms with van der Waals surface area (Å²) in [4.78, 5) is 41.8. The van der Waals surface area contributed by atoms with Gasteiger partial charge in [0.2, 0.25) is 0 Å². The third-order valence-electron chi connectivity index (χ3n) is 8.71. The molecular weight excluding hydrogens is 594 g/mol. The van der Waals surface area contributed by atoms with Gasteiger partial charge in [-0.25, -0.2) is 14.6 Å². The maximum atomic E-state index is 13.9. The monoisotopic (exact) mass is 637 g/mol. The number of fused-ring (bicyclic) bond motifs is 1. The molecule has 11 nitrogen and oxygen atoms in total. The summed E-state index contributed by atoms with van der Waals surface area (Å²) in [6.07, 6.45) is 5.16. The molecule has 11 heteroatoms. The molecule has 0 unspecified atom stereocenters. The van der Waals surface area contributed by atoms with Crippen LogP contribution in [0, 0.1) is 5.41 Å². The fraction of sp³-hybridized carbons (Fsp3) is 0.472. The zero-order chi connectivity index (χ0) is 33.1. The molecule has 1 spiro atoms. The van der Waals surface area contributed by atoms with E-state index < -0.39 is 17.3 Å². The second-order valence-corrected chi connectivity index (χ2v) is 15.3. The van der Waals surface area contributed by atoms with E-state index in [1.807, 2.05) is 96.3 Å². The zero-order valence-electron chi connectivity index (χ0n) is 28.1. The number of carbonyl (C=O) groups is 2. The summed E-state index contributed by atoms with van der Waals surface area (Å²) in [6, 6.07) is 15.9. The molecule has 246 valence electrons. The summed E-state index contributed by atoms with van der Waals surface area (Å²) >= 11 is 0. The van der Waals surface area contributed by atoms with Gasteiger partial charge in [0.15, 0.2) is 5.65 Å². The molecule has 2 saturated heterocycles. The Bertz CT molecular complexity index is 1790. The van der Waals surface area contributed by atoms with Crippen LogP contribution in [0.2, 0.25) is 0 Å². The third kappa shape index (κ3) is 6.48. The van der Waals surface area contributed by atoms with Crippen LogP contribution >= 0.6 is 0 Å². The number of nitrogens with zero attached hydrogens (tertiary/aromatic N) is 7. The second-order valence-electron chi connectivity index (χ2n) is 15.3. The molecular formula is C36H43N7O4. The SMILES string of the molecule is CC(C)(C)OC(=O)N1CC2(C1)CN(c1cc(N(Cc3ccc(-c4ccccn4)cc3)C(=O)OC(C)(C)C)n3ncc(C4CC4)c3n1)C2. The molecule has 1 aromatic carbocycles. The molecule has 3 aromatic heterocycles. The molecule has 1 saturated carbocycles.